The topological polar surface area (TPSA) is 63.4 Å². The summed E-state index contributed by atoms with van der Waals surface area (Å²) in [5.41, 5.74) is 7.14. The van der Waals surface area contributed by atoms with Crippen LogP contribution in [0.2, 0.25) is 0 Å². The molecule has 1 fully saturated rings. The molecule has 0 bridgehead atoms. The molecule has 0 unspecified atom stereocenters. The lowest BCUT2D eigenvalue weighted by Gasteiger charge is -2.24. The number of nitrogen functional groups attached to an aromatic ring is 1. The van der Waals surface area contributed by atoms with Crippen molar-refractivity contribution in [3.8, 4) is 0 Å². The van der Waals surface area contributed by atoms with Gasteiger partial charge in [-0.05, 0) is 30.5 Å². The fraction of sp³-hybridized carbons (Fsp3) is 0.385. The molecule has 2 amide bonds. The molecule has 17 heavy (non-hydrogen) atoms. The van der Waals surface area contributed by atoms with Crippen LogP contribution in [-0.2, 0) is 16.0 Å². The van der Waals surface area contributed by atoms with E-state index in [1.54, 1.807) is 12.1 Å². The largest absolute Gasteiger partial charge is 0.399 e. The third-order valence-corrected chi connectivity index (χ3v) is 2.96. The number of nitrogens with two attached hydrogens (primary N) is 1. The summed E-state index contributed by atoms with van der Waals surface area (Å²) in [5, 5.41) is 0. The number of carbonyl (C=O) groups is 2. The molecule has 1 aliphatic heterocycles. The summed E-state index contributed by atoms with van der Waals surface area (Å²) in [6.45, 7) is 0.562. The Bertz CT molecular complexity index is 426. The van der Waals surface area contributed by atoms with Crippen LogP contribution in [0.15, 0.2) is 24.3 Å². The van der Waals surface area contributed by atoms with Gasteiger partial charge in [-0.25, -0.2) is 0 Å². The van der Waals surface area contributed by atoms with Crippen molar-refractivity contribution in [3.05, 3.63) is 29.8 Å². The first-order valence-electron chi connectivity index (χ1n) is 5.84. The van der Waals surface area contributed by atoms with Gasteiger partial charge in [-0.1, -0.05) is 12.1 Å². The van der Waals surface area contributed by atoms with Gasteiger partial charge < -0.3 is 5.73 Å². The van der Waals surface area contributed by atoms with Gasteiger partial charge in [-0.2, -0.15) is 0 Å². The van der Waals surface area contributed by atoms with E-state index in [1.807, 2.05) is 12.1 Å². The molecule has 0 spiro atoms. The highest BCUT2D eigenvalue weighted by Crippen LogP contribution is 2.13. The average molecular weight is 232 g/mol. The Balaban J connectivity index is 2.00. The van der Waals surface area contributed by atoms with Crippen molar-refractivity contribution < 1.29 is 9.59 Å². The molecule has 2 rings (SSSR count). The molecule has 0 aliphatic carbocycles. The van der Waals surface area contributed by atoms with Crippen LogP contribution < -0.4 is 5.73 Å². The van der Waals surface area contributed by atoms with Crippen LogP contribution in [-0.4, -0.2) is 23.3 Å². The number of carbonyl (C=O) groups excluding carboxylic acids is 2. The molecule has 0 atom stereocenters. The molecule has 1 aromatic rings. The van der Waals surface area contributed by atoms with Crippen LogP contribution >= 0.6 is 0 Å². The first-order chi connectivity index (χ1) is 8.16. The lowest BCUT2D eigenvalue weighted by molar-refractivity contribution is -0.146. The smallest absolute Gasteiger partial charge is 0.233 e. The first-order valence-corrected chi connectivity index (χ1v) is 5.84. The van der Waals surface area contributed by atoms with Gasteiger partial charge in [-0.3, -0.25) is 14.5 Å². The fourth-order valence-corrected chi connectivity index (χ4v) is 1.98. The number of benzene rings is 1. The van der Waals surface area contributed by atoms with Crippen LogP contribution in [0.4, 0.5) is 5.69 Å². The zero-order chi connectivity index (χ0) is 12.3. The molecule has 1 saturated heterocycles. The van der Waals surface area contributed by atoms with Gasteiger partial charge in [0.15, 0.2) is 0 Å². The van der Waals surface area contributed by atoms with Crippen molar-refractivity contribution in [2.24, 2.45) is 0 Å². The Labute approximate surface area is 100 Å². The Morgan fingerprint density at radius 2 is 1.94 bits per heavy atom. The number of hydrogen-bond donors (Lipinski definition) is 1. The minimum absolute atomic E-state index is 0.0447. The van der Waals surface area contributed by atoms with E-state index in [0.29, 0.717) is 18.7 Å². The summed E-state index contributed by atoms with van der Waals surface area (Å²) in [6, 6.07) is 7.17. The Morgan fingerprint density at radius 3 is 2.59 bits per heavy atom. The van der Waals surface area contributed by atoms with Gasteiger partial charge in [-0.15, -0.1) is 0 Å². The minimum atomic E-state index is -0.112. The molecule has 0 radical (unpaired) electrons. The number of nitrogens with zero attached hydrogens (tertiary/aromatic N) is 1. The van der Waals surface area contributed by atoms with Crippen LogP contribution in [0.1, 0.15) is 24.8 Å². The fourth-order valence-electron chi connectivity index (χ4n) is 1.98. The van der Waals surface area contributed by atoms with Crippen molar-refractivity contribution in [2.45, 2.75) is 25.7 Å². The predicted octanol–water partition coefficient (Wildman–Crippen LogP) is 1.35. The van der Waals surface area contributed by atoms with E-state index in [2.05, 4.69) is 0 Å². The van der Waals surface area contributed by atoms with Gasteiger partial charge in [0.05, 0.1) is 6.42 Å². The molecule has 1 heterocycles. The molecule has 2 N–H and O–H groups in total. The van der Waals surface area contributed by atoms with Crippen molar-refractivity contribution in [2.75, 3.05) is 12.3 Å². The number of imide groups is 1. The van der Waals surface area contributed by atoms with Crippen molar-refractivity contribution in [1.82, 2.24) is 4.90 Å². The normalized spacial score (nSPS) is 16.0. The maximum absolute atomic E-state index is 11.9. The number of piperidine rings is 1. The maximum atomic E-state index is 11.9. The highest BCUT2D eigenvalue weighted by molar-refractivity contribution is 5.96. The summed E-state index contributed by atoms with van der Waals surface area (Å²) >= 11 is 0. The van der Waals surface area contributed by atoms with Crippen LogP contribution in [0, 0.1) is 0 Å². The number of amides is 2. The van der Waals surface area contributed by atoms with Crippen molar-refractivity contribution in [3.63, 3.8) is 0 Å². The van der Waals surface area contributed by atoms with Gasteiger partial charge in [0.25, 0.3) is 0 Å². The van der Waals surface area contributed by atoms with Crippen molar-refractivity contribution in [1.29, 1.82) is 0 Å². The maximum Gasteiger partial charge on any atom is 0.233 e. The summed E-state index contributed by atoms with van der Waals surface area (Å²) in [5.74, 6) is -0.156. The number of anilines is 1. The number of likely N-dealkylation sites (tertiary alicyclic amines) is 1. The van der Waals surface area contributed by atoms with Gasteiger partial charge in [0.1, 0.15) is 0 Å². The van der Waals surface area contributed by atoms with E-state index in [0.717, 1.165) is 18.4 Å². The van der Waals surface area contributed by atoms with E-state index in [-0.39, 0.29) is 18.2 Å². The first kappa shape index (κ1) is 11.6. The van der Waals surface area contributed by atoms with E-state index in [9.17, 15) is 9.59 Å². The minimum Gasteiger partial charge on any atom is -0.399 e. The van der Waals surface area contributed by atoms with Gasteiger partial charge >= 0.3 is 0 Å². The van der Waals surface area contributed by atoms with Gasteiger partial charge in [0.2, 0.25) is 11.8 Å². The second-order valence-electron chi connectivity index (χ2n) is 4.31. The molecule has 0 saturated carbocycles. The Kier molecular flexibility index (Phi) is 3.42. The van der Waals surface area contributed by atoms with E-state index in [4.69, 9.17) is 5.73 Å². The third-order valence-electron chi connectivity index (χ3n) is 2.96. The monoisotopic (exact) mass is 232 g/mol. The van der Waals surface area contributed by atoms with E-state index >= 15 is 0 Å². The highest BCUT2D eigenvalue weighted by atomic mass is 16.2. The highest BCUT2D eigenvalue weighted by Gasteiger charge is 2.23. The third kappa shape index (κ3) is 2.84. The molecule has 0 aromatic heterocycles. The number of rotatable bonds is 2. The van der Waals surface area contributed by atoms with Gasteiger partial charge in [0, 0.05) is 18.7 Å². The van der Waals surface area contributed by atoms with E-state index < -0.39 is 0 Å². The Hall–Kier alpha value is -1.84. The lowest BCUT2D eigenvalue weighted by Crippen LogP contribution is -2.41. The Morgan fingerprint density at radius 1 is 1.24 bits per heavy atom. The molecule has 1 aromatic carbocycles. The summed E-state index contributed by atoms with van der Waals surface area (Å²) < 4.78 is 0. The SMILES string of the molecule is Nc1ccc(CC(=O)N2CCCCC2=O)cc1. The number of hydrogen-bond acceptors (Lipinski definition) is 3. The molecule has 90 valence electrons. The summed E-state index contributed by atoms with van der Waals surface area (Å²) in [6.07, 6.45) is 2.57. The van der Waals surface area contributed by atoms with E-state index in [1.165, 1.54) is 4.90 Å². The van der Waals surface area contributed by atoms with Crippen LogP contribution in [0.25, 0.3) is 0 Å². The standard InChI is InChI=1S/C13H16N2O2/c14-11-6-4-10(5-7-11)9-13(17)15-8-2-1-3-12(15)16/h4-7H,1-3,8-9,14H2. The molecular weight excluding hydrogens is 216 g/mol. The zero-order valence-corrected chi connectivity index (χ0v) is 9.69. The average Bonchev–Trinajstić information content (AvgIpc) is 2.32. The lowest BCUT2D eigenvalue weighted by atomic mass is 10.1. The summed E-state index contributed by atoms with van der Waals surface area (Å²) in [7, 11) is 0. The predicted molar refractivity (Wildman–Crippen MR) is 65.1 cm³/mol. The summed E-state index contributed by atoms with van der Waals surface area (Å²) in [4.78, 5) is 24.9. The molecule has 4 nitrogen and oxygen atoms in total. The van der Waals surface area contributed by atoms with Crippen LogP contribution in [0.3, 0.4) is 0 Å². The molecule has 4 heteroatoms. The second-order valence-corrected chi connectivity index (χ2v) is 4.31. The second kappa shape index (κ2) is 4.99. The van der Waals surface area contributed by atoms with Crippen LogP contribution in [0.5, 0.6) is 0 Å². The molecular formula is C13H16N2O2. The zero-order valence-electron chi connectivity index (χ0n) is 9.69. The quantitative estimate of drug-likeness (QED) is 0.783. The van der Waals surface area contributed by atoms with Crippen molar-refractivity contribution >= 4 is 17.5 Å². The molecule has 1 aliphatic rings.